The lowest BCUT2D eigenvalue weighted by Gasteiger charge is -2.14. The lowest BCUT2D eigenvalue weighted by atomic mass is 10.1. The molecule has 2 N–H and O–H groups in total. The second kappa shape index (κ2) is 4.61. The maximum Gasteiger partial charge on any atom is 0.264 e. The largest absolute Gasteiger partial charge is 0.338 e. The average Bonchev–Trinajstić information content (AvgIpc) is 3.08. The molecule has 102 valence electrons. The lowest BCUT2D eigenvalue weighted by Crippen LogP contribution is -2.29. The van der Waals surface area contributed by atoms with Gasteiger partial charge in [0.2, 0.25) is 0 Å². The number of carbonyl (C=O) groups is 1. The van der Waals surface area contributed by atoms with Gasteiger partial charge in [-0.15, -0.1) is 11.3 Å². The number of rotatable bonds is 2. The fourth-order valence-corrected chi connectivity index (χ4v) is 3.77. The molecule has 1 amide bonds. The zero-order valence-corrected chi connectivity index (χ0v) is 12.0. The quantitative estimate of drug-likeness (QED) is 0.902. The van der Waals surface area contributed by atoms with Crippen molar-refractivity contribution in [1.82, 2.24) is 14.7 Å². The van der Waals surface area contributed by atoms with Crippen LogP contribution in [-0.2, 0) is 7.05 Å². The summed E-state index contributed by atoms with van der Waals surface area (Å²) in [6.45, 7) is 4.26. The molecule has 1 aliphatic rings. The van der Waals surface area contributed by atoms with Crippen LogP contribution in [0.2, 0.25) is 0 Å². The standard InChI is InChI=1S/C13H18N4OS/c1-8-10-5-11(19-13(10)16(2)15-8)12(18)17-4-3-9(6-14)7-17/h5,9H,3-4,6-7,14H2,1-2H3. The summed E-state index contributed by atoms with van der Waals surface area (Å²) in [7, 11) is 1.92. The first-order chi connectivity index (χ1) is 9.10. The molecule has 1 aliphatic heterocycles. The number of carbonyl (C=O) groups excluding carboxylic acids is 1. The highest BCUT2D eigenvalue weighted by molar-refractivity contribution is 7.20. The van der Waals surface area contributed by atoms with Crippen LogP contribution >= 0.6 is 11.3 Å². The SMILES string of the molecule is Cc1nn(C)c2sc(C(=O)N3CCC(CN)C3)cc12. The van der Waals surface area contributed by atoms with E-state index < -0.39 is 0 Å². The van der Waals surface area contributed by atoms with Crippen LogP contribution in [0.5, 0.6) is 0 Å². The van der Waals surface area contributed by atoms with E-state index in [1.807, 2.05) is 29.6 Å². The molecule has 1 atom stereocenters. The molecule has 0 aromatic carbocycles. The molecule has 0 radical (unpaired) electrons. The van der Waals surface area contributed by atoms with Crippen LogP contribution in [0.1, 0.15) is 21.8 Å². The topological polar surface area (TPSA) is 64.2 Å². The van der Waals surface area contributed by atoms with Crippen molar-refractivity contribution < 1.29 is 4.79 Å². The molecule has 19 heavy (non-hydrogen) atoms. The van der Waals surface area contributed by atoms with Crippen LogP contribution in [0.25, 0.3) is 10.2 Å². The van der Waals surface area contributed by atoms with Crippen molar-refractivity contribution in [2.24, 2.45) is 18.7 Å². The van der Waals surface area contributed by atoms with Gasteiger partial charge in [-0.05, 0) is 31.9 Å². The summed E-state index contributed by atoms with van der Waals surface area (Å²) in [5, 5.41) is 5.45. The van der Waals surface area contributed by atoms with Gasteiger partial charge in [0.25, 0.3) is 5.91 Å². The highest BCUT2D eigenvalue weighted by Gasteiger charge is 2.27. The van der Waals surface area contributed by atoms with E-state index in [2.05, 4.69) is 5.10 Å². The third-order valence-electron chi connectivity index (χ3n) is 3.81. The summed E-state index contributed by atoms with van der Waals surface area (Å²) in [4.78, 5) is 16.3. The van der Waals surface area contributed by atoms with Crippen LogP contribution in [-0.4, -0.2) is 40.2 Å². The van der Waals surface area contributed by atoms with Crippen molar-refractivity contribution in [2.75, 3.05) is 19.6 Å². The predicted molar refractivity (Wildman–Crippen MR) is 76.4 cm³/mol. The van der Waals surface area contributed by atoms with E-state index >= 15 is 0 Å². The Balaban J connectivity index is 1.88. The summed E-state index contributed by atoms with van der Waals surface area (Å²) in [5.41, 5.74) is 6.65. The molecule has 0 bridgehead atoms. The first-order valence-corrected chi connectivity index (χ1v) is 7.34. The Kier molecular flexibility index (Phi) is 3.06. The van der Waals surface area contributed by atoms with E-state index in [1.165, 1.54) is 11.3 Å². The van der Waals surface area contributed by atoms with Gasteiger partial charge in [0.05, 0.1) is 10.6 Å². The lowest BCUT2D eigenvalue weighted by molar-refractivity contribution is 0.0792. The fourth-order valence-electron chi connectivity index (χ4n) is 2.68. The van der Waals surface area contributed by atoms with Gasteiger partial charge in [0.15, 0.2) is 0 Å². The normalized spacial score (nSPS) is 19.5. The number of nitrogens with zero attached hydrogens (tertiary/aromatic N) is 3. The first kappa shape index (κ1) is 12.6. The Morgan fingerprint density at radius 3 is 3.05 bits per heavy atom. The minimum absolute atomic E-state index is 0.136. The predicted octanol–water partition coefficient (Wildman–Crippen LogP) is 1.36. The number of thiophene rings is 1. The highest BCUT2D eigenvalue weighted by atomic mass is 32.1. The van der Waals surface area contributed by atoms with E-state index in [9.17, 15) is 4.79 Å². The zero-order valence-electron chi connectivity index (χ0n) is 11.2. The van der Waals surface area contributed by atoms with Crippen LogP contribution in [0.15, 0.2) is 6.07 Å². The summed E-state index contributed by atoms with van der Waals surface area (Å²) in [6.07, 6.45) is 1.02. The molecular formula is C13H18N4OS. The summed E-state index contributed by atoms with van der Waals surface area (Å²) in [6, 6.07) is 1.97. The molecule has 0 saturated carbocycles. The van der Waals surface area contributed by atoms with E-state index in [-0.39, 0.29) is 5.91 Å². The molecule has 5 nitrogen and oxygen atoms in total. The molecule has 3 heterocycles. The summed E-state index contributed by atoms with van der Waals surface area (Å²) >= 11 is 1.53. The summed E-state index contributed by atoms with van der Waals surface area (Å²) < 4.78 is 1.85. The van der Waals surface area contributed by atoms with Crippen LogP contribution in [0.4, 0.5) is 0 Å². The van der Waals surface area contributed by atoms with Crippen molar-refractivity contribution in [3.8, 4) is 0 Å². The van der Waals surface area contributed by atoms with E-state index in [0.29, 0.717) is 12.5 Å². The third-order valence-corrected chi connectivity index (χ3v) is 5.00. The van der Waals surface area contributed by atoms with Crippen molar-refractivity contribution in [3.05, 3.63) is 16.6 Å². The number of fused-ring (bicyclic) bond motifs is 1. The number of hydrogen-bond donors (Lipinski definition) is 1. The molecule has 1 fully saturated rings. The maximum atomic E-state index is 12.5. The van der Waals surface area contributed by atoms with Crippen molar-refractivity contribution in [3.63, 3.8) is 0 Å². The second-order valence-corrected chi connectivity index (χ2v) is 6.21. The van der Waals surface area contributed by atoms with E-state index in [4.69, 9.17) is 5.73 Å². The molecule has 3 rings (SSSR count). The van der Waals surface area contributed by atoms with Crippen LogP contribution < -0.4 is 5.73 Å². The Labute approximate surface area is 116 Å². The van der Waals surface area contributed by atoms with Crippen LogP contribution in [0.3, 0.4) is 0 Å². The number of aromatic nitrogens is 2. The van der Waals surface area contributed by atoms with E-state index in [1.54, 1.807) is 0 Å². The number of aryl methyl sites for hydroxylation is 2. The Morgan fingerprint density at radius 1 is 1.63 bits per heavy atom. The summed E-state index contributed by atoms with van der Waals surface area (Å²) in [5.74, 6) is 0.596. The fraction of sp³-hybridized carbons (Fsp3) is 0.538. The van der Waals surface area contributed by atoms with Crippen LogP contribution in [0, 0.1) is 12.8 Å². The molecule has 2 aromatic heterocycles. The van der Waals surface area contributed by atoms with Crippen molar-refractivity contribution in [2.45, 2.75) is 13.3 Å². The molecule has 2 aromatic rings. The molecule has 1 unspecified atom stereocenters. The number of hydrogen-bond acceptors (Lipinski definition) is 4. The molecule has 6 heteroatoms. The third kappa shape index (κ3) is 2.04. The molecular weight excluding hydrogens is 260 g/mol. The monoisotopic (exact) mass is 278 g/mol. The number of likely N-dealkylation sites (tertiary alicyclic amines) is 1. The highest BCUT2D eigenvalue weighted by Crippen LogP contribution is 2.29. The Hall–Kier alpha value is -1.40. The Morgan fingerprint density at radius 2 is 2.42 bits per heavy atom. The van der Waals surface area contributed by atoms with Gasteiger partial charge in [-0.3, -0.25) is 9.48 Å². The van der Waals surface area contributed by atoms with Gasteiger partial charge in [0.1, 0.15) is 4.83 Å². The number of amides is 1. The van der Waals surface area contributed by atoms with Crippen molar-refractivity contribution in [1.29, 1.82) is 0 Å². The first-order valence-electron chi connectivity index (χ1n) is 6.52. The Bertz CT molecular complexity index is 595. The van der Waals surface area contributed by atoms with Gasteiger partial charge < -0.3 is 10.6 Å². The molecule has 0 aliphatic carbocycles. The second-order valence-electron chi connectivity index (χ2n) is 5.18. The minimum atomic E-state index is 0.136. The average molecular weight is 278 g/mol. The van der Waals surface area contributed by atoms with Gasteiger partial charge in [-0.2, -0.15) is 5.10 Å². The maximum absolute atomic E-state index is 12.5. The van der Waals surface area contributed by atoms with Gasteiger partial charge in [-0.25, -0.2) is 0 Å². The molecule has 1 saturated heterocycles. The van der Waals surface area contributed by atoms with Gasteiger partial charge in [0, 0.05) is 25.5 Å². The van der Waals surface area contributed by atoms with Crippen molar-refractivity contribution >= 4 is 27.5 Å². The zero-order chi connectivity index (χ0) is 13.6. The van der Waals surface area contributed by atoms with Gasteiger partial charge >= 0.3 is 0 Å². The number of nitrogens with two attached hydrogens (primary N) is 1. The minimum Gasteiger partial charge on any atom is -0.338 e. The van der Waals surface area contributed by atoms with Gasteiger partial charge in [-0.1, -0.05) is 0 Å². The van der Waals surface area contributed by atoms with E-state index in [0.717, 1.165) is 40.3 Å². The molecule has 0 spiro atoms. The smallest absolute Gasteiger partial charge is 0.264 e.